The second-order valence-electron chi connectivity index (χ2n) is 8.09. The molecule has 0 aliphatic carbocycles. The third-order valence-corrected chi connectivity index (χ3v) is 5.85. The van der Waals surface area contributed by atoms with Gasteiger partial charge in [-0.3, -0.25) is 4.90 Å². The van der Waals surface area contributed by atoms with Crippen molar-refractivity contribution in [3.63, 3.8) is 0 Å². The highest BCUT2D eigenvalue weighted by molar-refractivity contribution is 5.67. The van der Waals surface area contributed by atoms with Crippen LogP contribution in [0.15, 0.2) is 41.7 Å². The first-order valence-electron chi connectivity index (χ1n) is 11.3. The Bertz CT molecular complexity index is 951. The summed E-state index contributed by atoms with van der Waals surface area (Å²) in [5.41, 5.74) is 5.00. The number of hydrogen-bond acceptors (Lipinski definition) is 5. The van der Waals surface area contributed by atoms with Crippen molar-refractivity contribution in [2.75, 3.05) is 46.5 Å². The molecule has 0 spiro atoms. The molecule has 1 aliphatic rings. The average molecular weight is 443 g/mol. The fraction of sp³-hybridized carbons (Fsp3) is 0.480. The molecule has 1 aromatic carbocycles. The fourth-order valence-electron chi connectivity index (χ4n) is 3.72. The van der Waals surface area contributed by atoms with Gasteiger partial charge in [-0.1, -0.05) is 12.5 Å². The molecule has 2 heterocycles. The second kappa shape index (κ2) is 11.8. The van der Waals surface area contributed by atoms with Crippen LogP contribution in [0.25, 0.3) is 17.3 Å². The van der Waals surface area contributed by atoms with E-state index in [4.69, 9.17) is 9.47 Å². The van der Waals surface area contributed by atoms with E-state index in [0.29, 0.717) is 19.0 Å². The number of nitrogens with zero attached hydrogens (tertiary/aromatic N) is 3. The maximum atomic E-state index is 14.4. The van der Waals surface area contributed by atoms with Gasteiger partial charge >= 0.3 is 0 Å². The van der Waals surface area contributed by atoms with E-state index in [2.05, 4.69) is 35.2 Å². The molecular formula is C25H35FN4O2. The summed E-state index contributed by atoms with van der Waals surface area (Å²) in [4.78, 5) is 2.32. The zero-order valence-corrected chi connectivity index (χ0v) is 19.7. The molecule has 0 atom stereocenters. The van der Waals surface area contributed by atoms with Crippen molar-refractivity contribution in [1.29, 1.82) is 0 Å². The number of aromatic nitrogens is 2. The summed E-state index contributed by atoms with van der Waals surface area (Å²) in [5.74, 6) is 0.214. The van der Waals surface area contributed by atoms with Crippen molar-refractivity contribution in [1.82, 2.24) is 20.0 Å². The highest BCUT2D eigenvalue weighted by Gasteiger charge is 2.12. The number of ether oxygens (including phenoxy) is 2. The number of hydrogen-bond donors (Lipinski definition) is 1. The van der Waals surface area contributed by atoms with E-state index in [1.165, 1.54) is 17.7 Å². The molecule has 6 nitrogen and oxygen atoms in total. The summed E-state index contributed by atoms with van der Waals surface area (Å²) in [6.45, 7) is 10.8. The van der Waals surface area contributed by atoms with Gasteiger partial charge in [0.05, 0.1) is 12.8 Å². The zero-order chi connectivity index (χ0) is 22.9. The van der Waals surface area contributed by atoms with Crippen molar-refractivity contribution < 1.29 is 13.9 Å². The number of rotatable bonds is 4. The molecule has 2 aromatic rings. The number of methoxy groups -OCH3 is 1. The normalized spacial score (nSPS) is 18.4. The van der Waals surface area contributed by atoms with Crippen molar-refractivity contribution in [2.45, 2.75) is 33.6 Å². The Balaban J connectivity index is 1.93. The van der Waals surface area contributed by atoms with Gasteiger partial charge in [-0.15, -0.1) is 0 Å². The van der Waals surface area contributed by atoms with Crippen LogP contribution in [0.2, 0.25) is 0 Å². The first-order chi connectivity index (χ1) is 15.5. The molecule has 0 fully saturated rings. The predicted octanol–water partition coefficient (Wildman–Crippen LogP) is 4.47. The number of allylic oxidation sites excluding steroid dienone is 2. The Labute approximate surface area is 190 Å². The van der Waals surface area contributed by atoms with Crippen LogP contribution in [-0.4, -0.2) is 61.2 Å². The van der Waals surface area contributed by atoms with Crippen LogP contribution in [0.1, 0.15) is 32.4 Å². The van der Waals surface area contributed by atoms with E-state index >= 15 is 0 Å². The molecule has 3 rings (SSSR count). The van der Waals surface area contributed by atoms with Gasteiger partial charge in [-0.2, -0.15) is 5.10 Å². The Kier molecular flexibility index (Phi) is 8.88. The average Bonchev–Trinajstić information content (AvgIpc) is 3.15. The molecule has 0 saturated heterocycles. The van der Waals surface area contributed by atoms with Crippen LogP contribution in [-0.2, 0) is 4.74 Å². The maximum absolute atomic E-state index is 14.4. The summed E-state index contributed by atoms with van der Waals surface area (Å²) in [6, 6.07) is 4.84. The van der Waals surface area contributed by atoms with E-state index < -0.39 is 0 Å². The maximum Gasteiger partial charge on any atom is 0.127 e. The summed E-state index contributed by atoms with van der Waals surface area (Å²) in [7, 11) is 1.71. The van der Waals surface area contributed by atoms with Gasteiger partial charge < -0.3 is 14.8 Å². The van der Waals surface area contributed by atoms with Gasteiger partial charge in [0.2, 0.25) is 0 Å². The molecule has 174 valence electrons. The van der Waals surface area contributed by atoms with Crippen molar-refractivity contribution >= 4 is 6.20 Å². The van der Waals surface area contributed by atoms with Crippen LogP contribution in [0, 0.1) is 12.7 Å². The van der Waals surface area contributed by atoms with Gasteiger partial charge in [-0.05, 0) is 50.5 Å². The number of benzene rings is 1. The third-order valence-electron chi connectivity index (χ3n) is 5.85. The van der Waals surface area contributed by atoms with Crippen molar-refractivity contribution in [3.05, 3.63) is 53.3 Å². The monoisotopic (exact) mass is 442 g/mol. The quantitative estimate of drug-likeness (QED) is 0.757. The lowest BCUT2D eigenvalue weighted by atomic mass is 10.1. The second-order valence-corrected chi connectivity index (χ2v) is 8.09. The lowest BCUT2D eigenvalue weighted by Gasteiger charge is -2.22. The Morgan fingerprint density at radius 2 is 2.12 bits per heavy atom. The zero-order valence-electron chi connectivity index (χ0n) is 19.7. The molecule has 4 bridgehead atoms. The summed E-state index contributed by atoms with van der Waals surface area (Å²) in [6.07, 6.45) is 7.77. The molecule has 0 unspecified atom stereocenters. The van der Waals surface area contributed by atoms with Crippen LogP contribution >= 0.6 is 0 Å². The lowest BCUT2D eigenvalue weighted by molar-refractivity contribution is 0.134. The minimum atomic E-state index is -0.317. The van der Waals surface area contributed by atoms with Crippen molar-refractivity contribution in [3.8, 4) is 16.9 Å². The lowest BCUT2D eigenvalue weighted by Crippen LogP contribution is -2.34. The molecule has 1 N–H and O–H groups in total. The number of fused-ring (bicyclic) bond motifs is 5. The van der Waals surface area contributed by atoms with E-state index in [0.717, 1.165) is 61.5 Å². The predicted molar refractivity (Wildman–Crippen MR) is 127 cm³/mol. The molecular weight excluding hydrogens is 407 g/mol. The first kappa shape index (κ1) is 24.0. The van der Waals surface area contributed by atoms with E-state index in [1.54, 1.807) is 13.3 Å². The van der Waals surface area contributed by atoms with Gasteiger partial charge in [-0.25, -0.2) is 9.07 Å². The Hall–Kier alpha value is -2.64. The largest absolute Gasteiger partial charge is 0.492 e. The molecule has 1 aliphatic heterocycles. The van der Waals surface area contributed by atoms with Crippen LogP contribution in [0.3, 0.4) is 0 Å². The summed E-state index contributed by atoms with van der Waals surface area (Å²) in [5, 5.41) is 8.08. The topological polar surface area (TPSA) is 51.5 Å². The summed E-state index contributed by atoms with van der Waals surface area (Å²) >= 11 is 0. The van der Waals surface area contributed by atoms with Crippen molar-refractivity contribution in [2.24, 2.45) is 0 Å². The first-order valence-corrected chi connectivity index (χ1v) is 11.3. The van der Waals surface area contributed by atoms with Gasteiger partial charge in [0.25, 0.3) is 0 Å². The number of halogens is 1. The molecule has 7 heteroatoms. The third kappa shape index (κ3) is 6.43. The van der Waals surface area contributed by atoms with Crippen LogP contribution < -0.4 is 10.1 Å². The minimum absolute atomic E-state index is 0.317. The Morgan fingerprint density at radius 1 is 1.28 bits per heavy atom. The van der Waals surface area contributed by atoms with Gasteiger partial charge in [0.1, 0.15) is 18.2 Å². The van der Waals surface area contributed by atoms with E-state index in [-0.39, 0.29) is 5.82 Å². The van der Waals surface area contributed by atoms with E-state index in [9.17, 15) is 4.39 Å². The Morgan fingerprint density at radius 3 is 2.91 bits per heavy atom. The van der Waals surface area contributed by atoms with Crippen LogP contribution in [0.5, 0.6) is 5.75 Å². The molecule has 1 aromatic heterocycles. The molecule has 0 saturated carbocycles. The van der Waals surface area contributed by atoms with Crippen LogP contribution in [0.4, 0.5) is 4.39 Å². The van der Waals surface area contributed by atoms with E-state index in [1.807, 2.05) is 23.9 Å². The highest BCUT2D eigenvalue weighted by atomic mass is 19.1. The highest BCUT2D eigenvalue weighted by Crippen LogP contribution is 2.28. The molecule has 0 radical (unpaired) electrons. The van der Waals surface area contributed by atoms with Gasteiger partial charge in [0, 0.05) is 62.5 Å². The molecule has 32 heavy (non-hydrogen) atoms. The standard InChI is InChI=1S/C25H35FN4O2/c1-5-19(2)25-7-10-30-20(3)24(18-28-30)21-15-22(26)17-23(16-21)32-14-12-29(11-13-31-4)9-6-8-27-25/h7,10,15-18,27H,5-6,8-9,11-14H2,1-4H3/b10-7-,25-19-. The fourth-order valence-corrected chi connectivity index (χ4v) is 3.72. The summed E-state index contributed by atoms with van der Waals surface area (Å²) < 4.78 is 27.4. The van der Waals surface area contributed by atoms with Gasteiger partial charge in [0.15, 0.2) is 0 Å². The minimum Gasteiger partial charge on any atom is -0.492 e. The smallest absolute Gasteiger partial charge is 0.127 e. The number of nitrogens with one attached hydrogen (secondary N) is 1. The SMILES string of the molecule is CC/C(C)=C1/C=C\n2ncc(c2C)-c2cc(F)cc(c2)OCCN(CCOC)CCCN1. The molecule has 0 amide bonds.